The summed E-state index contributed by atoms with van der Waals surface area (Å²) in [4.78, 5) is 25.0. The van der Waals surface area contributed by atoms with Gasteiger partial charge in [-0.2, -0.15) is 0 Å². The van der Waals surface area contributed by atoms with E-state index < -0.39 is 12.0 Å². The lowest BCUT2D eigenvalue weighted by atomic mass is 10.1. The van der Waals surface area contributed by atoms with Crippen LogP contribution in [0, 0.1) is 0 Å². The highest BCUT2D eigenvalue weighted by Crippen LogP contribution is 2.31. The van der Waals surface area contributed by atoms with Crippen molar-refractivity contribution in [3.8, 4) is 0 Å². The number of aliphatic carboxylic acids is 1. The molecular weight excluding hydrogens is 321 g/mol. The van der Waals surface area contributed by atoms with E-state index in [1.807, 2.05) is 6.92 Å². The smallest absolute Gasteiger partial charge is 0.327 e. The first-order chi connectivity index (χ1) is 9.41. The van der Waals surface area contributed by atoms with E-state index in [2.05, 4.69) is 0 Å². The SMILES string of the molecule is CC1SCC(C(=O)O)N1C(=O)Cc1c(Cl)cccc1Cl. The molecule has 0 bridgehead atoms. The Balaban J connectivity index is 2.21. The first-order valence-corrected chi connectivity index (χ1v) is 7.80. The Labute approximate surface area is 131 Å². The molecule has 2 rings (SSSR count). The van der Waals surface area contributed by atoms with E-state index in [-0.39, 0.29) is 17.7 Å². The van der Waals surface area contributed by atoms with Gasteiger partial charge in [-0.15, -0.1) is 11.8 Å². The predicted molar refractivity (Wildman–Crippen MR) is 80.4 cm³/mol. The molecule has 0 radical (unpaired) electrons. The fraction of sp³-hybridized carbons (Fsp3) is 0.385. The molecule has 1 fully saturated rings. The van der Waals surface area contributed by atoms with Crippen molar-refractivity contribution in [2.24, 2.45) is 0 Å². The molecule has 0 aliphatic carbocycles. The lowest BCUT2D eigenvalue weighted by Crippen LogP contribution is -2.45. The minimum Gasteiger partial charge on any atom is -0.480 e. The van der Waals surface area contributed by atoms with Crippen LogP contribution in [0.25, 0.3) is 0 Å². The Hall–Kier alpha value is -0.910. The van der Waals surface area contributed by atoms with Gasteiger partial charge in [-0.3, -0.25) is 4.79 Å². The molecule has 1 amide bonds. The molecule has 7 heteroatoms. The third-order valence-electron chi connectivity index (χ3n) is 3.19. The van der Waals surface area contributed by atoms with Gasteiger partial charge in [-0.25, -0.2) is 4.79 Å². The fourth-order valence-corrected chi connectivity index (χ4v) is 3.88. The van der Waals surface area contributed by atoms with Gasteiger partial charge in [-0.1, -0.05) is 29.3 Å². The number of benzene rings is 1. The molecule has 20 heavy (non-hydrogen) atoms. The number of rotatable bonds is 3. The van der Waals surface area contributed by atoms with E-state index >= 15 is 0 Å². The van der Waals surface area contributed by atoms with Crippen molar-refractivity contribution < 1.29 is 14.7 Å². The average molecular weight is 334 g/mol. The fourth-order valence-electron chi connectivity index (χ4n) is 2.16. The normalized spacial score (nSPS) is 22.1. The van der Waals surface area contributed by atoms with Crippen LogP contribution in [0.3, 0.4) is 0 Å². The molecular formula is C13H13Cl2NO3S. The second-order valence-corrected chi connectivity index (χ2v) is 6.63. The molecule has 4 nitrogen and oxygen atoms in total. The van der Waals surface area contributed by atoms with Gasteiger partial charge < -0.3 is 10.0 Å². The van der Waals surface area contributed by atoms with Crippen molar-refractivity contribution in [2.45, 2.75) is 24.8 Å². The summed E-state index contributed by atoms with van der Waals surface area (Å²) in [7, 11) is 0. The maximum atomic E-state index is 12.4. The van der Waals surface area contributed by atoms with Crippen LogP contribution in [0.5, 0.6) is 0 Å². The number of carboxylic acids is 1. The van der Waals surface area contributed by atoms with Gasteiger partial charge in [0.25, 0.3) is 0 Å². The summed E-state index contributed by atoms with van der Waals surface area (Å²) in [5, 5.41) is 9.83. The summed E-state index contributed by atoms with van der Waals surface area (Å²) in [6.07, 6.45) is 0.00713. The van der Waals surface area contributed by atoms with E-state index in [1.165, 1.54) is 16.7 Å². The summed E-state index contributed by atoms with van der Waals surface area (Å²) in [5.74, 6) is -0.858. The van der Waals surface area contributed by atoms with Crippen molar-refractivity contribution in [3.63, 3.8) is 0 Å². The number of carboxylic acid groups (broad SMARTS) is 1. The number of carbonyl (C=O) groups is 2. The van der Waals surface area contributed by atoms with Crippen LogP contribution in [-0.2, 0) is 16.0 Å². The second-order valence-electron chi connectivity index (χ2n) is 4.46. The zero-order valence-corrected chi connectivity index (χ0v) is 13.0. The van der Waals surface area contributed by atoms with E-state index in [4.69, 9.17) is 28.3 Å². The van der Waals surface area contributed by atoms with Crippen molar-refractivity contribution in [3.05, 3.63) is 33.8 Å². The van der Waals surface area contributed by atoms with Gasteiger partial charge in [0.05, 0.1) is 11.8 Å². The monoisotopic (exact) mass is 333 g/mol. The molecule has 1 aromatic rings. The van der Waals surface area contributed by atoms with Crippen LogP contribution in [-0.4, -0.2) is 39.1 Å². The molecule has 0 spiro atoms. The van der Waals surface area contributed by atoms with Crippen LogP contribution >= 0.6 is 35.0 Å². The zero-order chi connectivity index (χ0) is 14.9. The third kappa shape index (κ3) is 3.05. The van der Waals surface area contributed by atoms with Crippen LogP contribution in [0.4, 0.5) is 0 Å². The lowest BCUT2D eigenvalue weighted by Gasteiger charge is -2.25. The highest BCUT2D eigenvalue weighted by molar-refractivity contribution is 8.00. The minimum absolute atomic E-state index is 0.00713. The maximum Gasteiger partial charge on any atom is 0.327 e. The van der Waals surface area contributed by atoms with Crippen LogP contribution in [0.2, 0.25) is 10.0 Å². The van der Waals surface area contributed by atoms with Crippen LogP contribution in [0.1, 0.15) is 12.5 Å². The molecule has 2 atom stereocenters. The Bertz CT molecular complexity index is 532. The molecule has 1 saturated heterocycles. The van der Waals surface area contributed by atoms with Gasteiger partial charge in [0.1, 0.15) is 6.04 Å². The second kappa shape index (κ2) is 6.24. The molecule has 2 unspecified atom stereocenters. The standard InChI is InChI=1S/C13H13Cl2NO3S/c1-7-16(11(6-20-7)13(18)19)12(17)5-8-9(14)3-2-4-10(8)15/h2-4,7,11H,5-6H2,1H3,(H,18,19). The Kier molecular flexibility index (Phi) is 4.83. The molecule has 108 valence electrons. The highest BCUT2D eigenvalue weighted by atomic mass is 35.5. The number of hydrogen-bond acceptors (Lipinski definition) is 3. The number of nitrogens with zero attached hydrogens (tertiary/aromatic N) is 1. The number of hydrogen-bond donors (Lipinski definition) is 1. The summed E-state index contributed by atoms with van der Waals surface area (Å²) in [6.45, 7) is 1.82. The summed E-state index contributed by atoms with van der Waals surface area (Å²) in [6, 6.07) is 4.23. The van der Waals surface area contributed by atoms with Crippen molar-refractivity contribution in [1.29, 1.82) is 0 Å². The van der Waals surface area contributed by atoms with Gasteiger partial charge >= 0.3 is 5.97 Å². The Morgan fingerprint density at radius 1 is 1.40 bits per heavy atom. The van der Waals surface area contributed by atoms with Gasteiger partial charge in [0.2, 0.25) is 5.91 Å². The first kappa shape index (κ1) is 15.5. The van der Waals surface area contributed by atoms with Gasteiger partial charge in [0.15, 0.2) is 0 Å². The van der Waals surface area contributed by atoms with E-state index in [0.29, 0.717) is 21.4 Å². The largest absolute Gasteiger partial charge is 0.480 e. The predicted octanol–water partition coefficient (Wildman–Crippen LogP) is 2.91. The van der Waals surface area contributed by atoms with Crippen molar-refractivity contribution in [1.82, 2.24) is 4.90 Å². The molecule has 1 aliphatic rings. The van der Waals surface area contributed by atoms with E-state index in [9.17, 15) is 9.59 Å². The first-order valence-electron chi connectivity index (χ1n) is 6.00. The van der Waals surface area contributed by atoms with Crippen molar-refractivity contribution >= 4 is 46.8 Å². The van der Waals surface area contributed by atoms with Crippen molar-refractivity contribution in [2.75, 3.05) is 5.75 Å². The van der Waals surface area contributed by atoms with Gasteiger partial charge in [-0.05, 0) is 24.6 Å². The molecule has 0 aromatic heterocycles. The molecule has 0 saturated carbocycles. The molecule has 1 aromatic carbocycles. The minimum atomic E-state index is -0.986. The zero-order valence-electron chi connectivity index (χ0n) is 10.7. The highest BCUT2D eigenvalue weighted by Gasteiger charge is 2.39. The lowest BCUT2D eigenvalue weighted by molar-refractivity contribution is -0.148. The summed E-state index contributed by atoms with van der Waals surface area (Å²) in [5.41, 5.74) is 0.536. The number of carbonyl (C=O) groups excluding carboxylic acids is 1. The maximum absolute atomic E-state index is 12.4. The van der Waals surface area contributed by atoms with E-state index in [1.54, 1.807) is 18.2 Å². The van der Waals surface area contributed by atoms with Gasteiger partial charge in [0, 0.05) is 15.8 Å². The summed E-state index contributed by atoms with van der Waals surface area (Å²) >= 11 is 13.5. The number of thioether (sulfide) groups is 1. The number of amides is 1. The molecule has 1 heterocycles. The topological polar surface area (TPSA) is 57.6 Å². The average Bonchev–Trinajstić information content (AvgIpc) is 2.76. The molecule has 1 aliphatic heterocycles. The third-order valence-corrected chi connectivity index (χ3v) is 5.11. The summed E-state index contributed by atoms with van der Waals surface area (Å²) < 4.78 is 0. The quantitative estimate of drug-likeness (QED) is 0.923. The number of halogens is 2. The van der Waals surface area contributed by atoms with Crippen LogP contribution < -0.4 is 0 Å². The van der Waals surface area contributed by atoms with E-state index in [0.717, 1.165) is 0 Å². The Morgan fingerprint density at radius 2 is 2.00 bits per heavy atom. The van der Waals surface area contributed by atoms with Crippen LogP contribution in [0.15, 0.2) is 18.2 Å². The Morgan fingerprint density at radius 3 is 2.55 bits per heavy atom. The molecule has 1 N–H and O–H groups in total.